The summed E-state index contributed by atoms with van der Waals surface area (Å²) in [4.78, 5) is 9.49. The molecular formula is C3H8N2O3. The summed E-state index contributed by atoms with van der Waals surface area (Å²) in [5.41, 5.74) is 0. The largest absolute Gasteiger partial charge is 0.367 e. The van der Waals surface area contributed by atoms with E-state index in [-0.39, 0.29) is 6.54 Å². The summed E-state index contributed by atoms with van der Waals surface area (Å²) in [5.74, 6) is 0. The second-order valence-electron chi connectivity index (χ2n) is 1.40. The van der Waals surface area contributed by atoms with Gasteiger partial charge in [-0.25, -0.2) is 0 Å². The van der Waals surface area contributed by atoms with Crippen LogP contribution in [0.25, 0.3) is 0 Å². The summed E-state index contributed by atoms with van der Waals surface area (Å²) in [6.07, 6.45) is -1.49. The summed E-state index contributed by atoms with van der Waals surface area (Å²) in [6.45, 7) is -0.149. The fourth-order valence-electron chi connectivity index (χ4n) is 0.270. The Morgan fingerprint density at radius 3 is 2.38 bits per heavy atom. The van der Waals surface area contributed by atoms with E-state index in [4.69, 9.17) is 10.2 Å². The number of rotatable bonds is 3. The smallest absolute Gasteiger partial charge is 0.171 e. The standard InChI is InChI=1S/C3H8N2O3/c1-5(4-8)2-3(6)7/h3,6-7H,2H2,1H3. The van der Waals surface area contributed by atoms with Gasteiger partial charge in [0.15, 0.2) is 6.29 Å². The van der Waals surface area contributed by atoms with Crippen molar-refractivity contribution >= 4 is 0 Å². The molecule has 0 saturated carbocycles. The second kappa shape index (κ2) is 3.34. The molecule has 0 amide bonds. The predicted molar refractivity (Wildman–Crippen MR) is 26.7 cm³/mol. The van der Waals surface area contributed by atoms with Crippen LogP contribution in [-0.4, -0.2) is 35.1 Å². The molecule has 0 heterocycles. The highest BCUT2D eigenvalue weighted by Crippen LogP contribution is 1.83. The zero-order valence-electron chi connectivity index (χ0n) is 4.48. The quantitative estimate of drug-likeness (QED) is 0.282. The van der Waals surface area contributed by atoms with E-state index in [9.17, 15) is 4.91 Å². The van der Waals surface area contributed by atoms with E-state index >= 15 is 0 Å². The Balaban J connectivity index is 3.23. The van der Waals surface area contributed by atoms with Gasteiger partial charge in [0.1, 0.15) is 0 Å². The number of hydrogen-bond acceptors (Lipinski definition) is 4. The molecule has 48 valence electrons. The Morgan fingerprint density at radius 2 is 2.25 bits per heavy atom. The number of nitrogens with zero attached hydrogens (tertiary/aromatic N) is 2. The average Bonchev–Trinajstić information content (AvgIpc) is 1.65. The average molecular weight is 120 g/mol. The molecule has 0 rings (SSSR count). The molecule has 0 unspecified atom stereocenters. The lowest BCUT2D eigenvalue weighted by atomic mass is 10.6. The van der Waals surface area contributed by atoms with Crippen LogP contribution >= 0.6 is 0 Å². The maximum Gasteiger partial charge on any atom is 0.171 e. The van der Waals surface area contributed by atoms with Crippen molar-refractivity contribution in [2.75, 3.05) is 13.6 Å². The lowest BCUT2D eigenvalue weighted by molar-refractivity contribution is -0.0572. The lowest BCUT2D eigenvalue weighted by Gasteiger charge is -2.08. The molecule has 0 aromatic rings. The Bertz CT molecular complexity index is 74.9. The zero-order valence-corrected chi connectivity index (χ0v) is 4.48. The minimum Gasteiger partial charge on any atom is -0.367 e. The van der Waals surface area contributed by atoms with Crippen molar-refractivity contribution in [1.29, 1.82) is 0 Å². The van der Waals surface area contributed by atoms with Gasteiger partial charge in [-0.3, -0.25) is 5.01 Å². The summed E-state index contributed by atoms with van der Waals surface area (Å²) in [7, 11) is 1.35. The van der Waals surface area contributed by atoms with E-state index in [1.54, 1.807) is 0 Å². The SMILES string of the molecule is CN(CC(O)O)N=O. The predicted octanol–water partition coefficient (Wildman–Crippen LogP) is -1.09. The minimum atomic E-state index is -1.49. The van der Waals surface area contributed by atoms with Gasteiger partial charge in [0.05, 0.1) is 11.8 Å². The Morgan fingerprint density at radius 1 is 1.75 bits per heavy atom. The van der Waals surface area contributed by atoms with Gasteiger partial charge in [-0.15, -0.1) is 4.91 Å². The normalized spacial score (nSPS) is 9.50. The van der Waals surface area contributed by atoms with Crippen LogP contribution in [0.5, 0.6) is 0 Å². The molecule has 0 bridgehead atoms. The van der Waals surface area contributed by atoms with Gasteiger partial charge < -0.3 is 10.2 Å². The van der Waals surface area contributed by atoms with Crippen molar-refractivity contribution in [2.45, 2.75) is 6.29 Å². The third kappa shape index (κ3) is 3.51. The number of nitroso groups, excluding NO2 is 1. The molecule has 5 nitrogen and oxygen atoms in total. The molecule has 0 aliphatic carbocycles. The Labute approximate surface area is 46.5 Å². The third-order valence-electron chi connectivity index (χ3n) is 0.567. The van der Waals surface area contributed by atoms with Crippen LogP contribution in [0.15, 0.2) is 5.29 Å². The molecular weight excluding hydrogens is 112 g/mol. The van der Waals surface area contributed by atoms with Gasteiger partial charge in [0.2, 0.25) is 0 Å². The van der Waals surface area contributed by atoms with Crippen molar-refractivity contribution < 1.29 is 10.2 Å². The molecule has 0 aliphatic rings. The van der Waals surface area contributed by atoms with Crippen LogP contribution in [0, 0.1) is 4.91 Å². The molecule has 5 heteroatoms. The van der Waals surface area contributed by atoms with Gasteiger partial charge in [-0.1, -0.05) is 0 Å². The van der Waals surface area contributed by atoms with Crippen LogP contribution in [0.1, 0.15) is 0 Å². The molecule has 8 heavy (non-hydrogen) atoms. The molecule has 2 N–H and O–H groups in total. The highest BCUT2D eigenvalue weighted by atomic mass is 16.5. The van der Waals surface area contributed by atoms with E-state index in [0.29, 0.717) is 0 Å². The summed E-state index contributed by atoms with van der Waals surface area (Å²) in [6, 6.07) is 0. The first kappa shape index (κ1) is 7.32. The maximum atomic E-state index is 9.49. The minimum absolute atomic E-state index is 0.149. The first-order valence-corrected chi connectivity index (χ1v) is 2.07. The van der Waals surface area contributed by atoms with Crippen molar-refractivity contribution in [3.8, 4) is 0 Å². The zero-order chi connectivity index (χ0) is 6.57. The van der Waals surface area contributed by atoms with Crippen molar-refractivity contribution in [2.24, 2.45) is 5.29 Å². The first-order valence-electron chi connectivity index (χ1n) is 2.07. The van der Waals surface area contributed by atoms with Crippen LogP contribution in [0.2, 0.25) is 0 Å². The van der Waals surface area contributed by atoms with Crippen LogP contribution in [-0.2, 0) is 0 Å². The monoisotopic (exact) mass is 120 g/mol. The summed E-state index contributed by atoms with van der Waals surface area (Å²) < 4.78 is 0. The van der Waals surface area contributed by atoms with Gasteiger partial charge in [0, 0.05) is 7.05 Å². The van der Waals surface area contributed by atoms with E-state index in [1.165, 1.54) is 7.05 Å². The van der Waals surface area contributed by atoms with Crippen LogP contribution in [0.4, 0.5) is 0 Å². The molecule has 0 aliphatic heterocycles. The van der Waals surface area contributed by atoms with Gasteiger partial charge >= 0.3 is 0 Å². The van der Waals surface area contributed by atoms with Gasteiger partial charge in [-0.2, -0.15) is 0 Å². The molecule has 0 fully saturated rings. The molecule has 0 atom stereocenters. The van der Waals surface area contributed by atoms with Crippen LogP contribution < -0.4 is 0 Å². The Kier molecular flexibility index (Phi) is 3.05. The molecule has 0 spiro atoms. The first-order chi connectivity index (χ1) is 3.66. The highest BCUT2D eigenvalue weighted by molar-refractivity contribution is 4.41. The van der Waals surface area contributed by atoms with Crippen molar-refractivity contribution in [3.05, 3.63) is 4.91 Å². The van der Waals surface area contributed by atoms with Crippen molar-refractivity contribution in [3.63, 3.8) is 0 Å². The molecule has 0 saturated heterocycles. The van der Waals surface area contributed by atoms with E-state index in [2.05, 4.69) is 5.29 Å². The number of aliphatic hydroxyl groups is 2. The van der Waals surface area contributed by atoms with E-state index in [0.717, 1.165) is 5.01 Å². The topological polar surface area (TPSA) is 73.1 Å². The van der Waals surface area contributed by atoms with Crippen LogP contribution in [0.3, 0.4) is 0 Å². The van der Waals surface area contributed by atoms with Gasteiger partial charge in [0.25, 0.3) is 0 Å². The fraction of sp³-hybridized carbons (Fsp3) is 1.00. The lowest BCUT2D eigenvalue weighted by Crippen LogP contribution is -2.23. The summed E-state index contributed by atoms with van der Waals surface area (Å²) in [5, 5.41) is 19.6. The third-order valence-corrected chi connectivity index (χ3v) is 0.567. The summed E-state index contributed by atoms with van der Waals surface area (Å²) >= 11 is 0. The fourth-order valence-corrected chi connectivity index (χ4v) is 0.270. The van der Waals surface area contributed by atoms with Crippen molar-refractivity contribution in [1.82, 2.24) is 5.01 Å². The number of aliphatic hydroxyl groups excluding tert-OH is 1. The van der Waals surface area contributed by atoms with Gasteiger partial charge in [-0.05, 0) is 0 Å². The number of hydrogen-bond donors (Lipinski definition) is 2. The Hall–Kier alpha value is -0.680. The van der Waals surface area contributed by atoms with E-state index in [1.807, 2.05) is 0 Å². The maximum absolute atomic E-state index is 9.49. The molecule has 0 radical (unpaired) electrons. The highest BCUT2D eigenvalue weighted by Gasteiger charge is 1.99. The number of likely N-dealkylation sites (N-methyl/N-ethyl adjacent to an activating group) is 1. The molecule has 0 aromatic heterocycles. The van der Waals surface area contributed by atoms with E-state index < -0.39 is 6.29 Å². The second-order valence-corrected chi connectivity index (χ2v) is 1.40. The molecule has 0 aromatic carbocycles.